The van der Waals surface area contributed by atoms with Gasteiger partial charge in [-0.3, -0.25) is 4.79 Å². The first-order valence-corrected chi connectivity index (χ1v) is 8.19. The normalized spacial score (nSPS) is 32.8. The monoisotopic (exact) mass is 302 g/mol. The van der Waals surface area contributed by atoms with Gasteiger partial charge in [-0.05, 0) is 17.7 Å². The fourth-order valence-electron chi connectivity index (χ4n) is 4.28. The van der Waals surface area contributed by atoms with Crippen LogP contribution in [0.15, 0.2) is 29.4 Å². The Balaban J connectivity index is 1.76. The van der Waals surface area contributed by atoms with Crippen molar-refractivity contribution < 1.29 is 14.1 Å². The first-order chi connectivity index (χ1) is 10.7. The number of carbonyl (C=O) groups is 1. The molecule has 4 aliphatic heterocycles. The predicted octanol–water partition coefficient (Wildman–Crippen LogP) is 1.15. The van der Waals surface area contributed by atoms with Crippen molar-refractivity contribution in [3.05, 3.63) is 35.6 Å². The predicted molar refractivity (Wildman–Crippen MR) is 80.9 cm³/mol. The zero-order valence-corrected chi connectivity index (χ0v) is 12.8. The smallest absolute Gasteiger partial charge is 0.243 e. The molecule has 1 aromatic carbocycles. The molecule has 3 fully saturated rings. The average molecular weight is 302 g/mol. The summed E-state index contributed by atoms with van der Waals surface area (Å²) in [6, 6.07) is 6.75. The number of halogens is 1. The molecule has 0 unspecified atom stereocenters. The lowest BCUT2D eigenvalue weighted by Crippen LogP contribution is -3.20. The van der Waals surface area contributed by atoms with Crippen LogP contribution in [0.1, 0.15) is 37.8 Å². The number of hydrogen-bond acceptors (Lipinski definition) is 2. The first kappa shape index (κ1) is 13.9. The number of benzene rings is 1. The van der Waals surface area contributed by atoms with Crippen LogP contribution in [0.4, 0.5) is 4.39 Å². The number of carbonyl (C=O) groups excluding carboxylic acids is 1. The largest absolute Gasteiger partial charge is 0.326 e. The average Bonchev–Trinajstić information content (AvgIpc) is 2.98. The minimum atomic E-state index is -0.242. The molecule has 4 aliphatic rings. The Hall–Kier alpha value is -1.75. The molecule has 5 heteroatoms. The maximum atomic E-state index is 13.3. The van der Waals surface area contributed by atoms with Crippen LogP contribution in [0.5, 0.6) is 0 Å². The molecule has 22 heavy (non-hydrogen) atoms. The van der Waals surface area contributed by atoms with E-state index in [0.717, 1.165) is 18.7 Å². The second kappa shape index (κ2) is 5.16. The van der Waals surface area contributed by atoms with Gasteiger partial charge >= 0.3 is 0 Å². The summed E-state index contributed by atoms with van der Waals surface area (Å²) in [4.78, 5) is 13.9. The van der Waals surface area contributed by atoms with Gasteiger partial charge in [0.2, 0.25) is 5.91 Å². The number of piperidine rings is 3. The summed E-state index contributed by atoms with van der Waals surface area (Å²) in [6.45, 7) is 4.17. The van der Waals surface area contributed by atoms with E-state index in [1.54, 1.807) is 17.1 Å². The highest BCUT2D eigenvalue weighted by Crippen LogP contribution is 2.36. The Kier molecular flexibility index (Phi) is 3.26. The molecule has 2 atom stereocenters. The SMILES string of the molecule is CCC(=O)N1N=C2C3CC[NH+](CC3)[C@H]2[C@H]1c1ccc(F)cc1. The van der Waals surface area contributed by atoms with E-state index in [2.05, 4.69) is 0 Å². The van der Waals surface area contributed by atoms with E-state index in [-0.39, 0.29) is 23.8 Å². The lowest BCUT2D eigenvalue weighted by molar-refractivity contribution is -0.927. The summed E-state index contributed by atoms with van der Waals surface area (Å²) in [5.74, 6) is 0.338. The molecule has 5 rings (SSSR count). The number of nitrogens with one attached hydrogen (secondary N) is 1. The van der Waals surface area contributed by atoms with Crippen LogP contribution >= 0.6 is 0 Å². The molecule has 0 aromatic heterocycles. The Labute approximate surface area is 129 Å². The number of hydrogen-bond donors (Lipinski definition) is 1. The van der Waals surface area contributed by atoms with Crippen LogP contribution in [-0.4, -0.2) is 35.8 Å². The topological polar surface area (TPSA) is 37.1 Å². The van der Waals surface area contributed by atoms with Crippen molar-refractivity contribution in [2.45, 2.75) is 38.3 Å². The van der Waals surface area contributed by atoms with Gasteiger partial charge < -0.3 is 4.90 Å². The minimum absolute atomic E-state index is 0.0521. The summed E-state index contributed by atoms with van der Waals surface area (Å²) in [6.07, 6.45) is 2.80. The first-order valence-electron chi connectivity index (χ1n) is 8.19. The molecule has 1 amide bonds. The van der Waals surface area contributed by atoms with Gasteiger partial charge in [-0.15, -0.1) is 0 Å². The van der Waals surface area contributed by atoms with Crippen LogP contribution in [0.2, 0.25) is 0 Å². The fraction of sp³-hybridized carbons (Fsp3) is 0.529. The number of quaternary nitrogens is 1. The highest BCUT2D eigenvalue weighted by Gasteiger charge is 2.54. The van der Waals surface area contributed by atoms with Crippen LogP contribution in [-0.2, 0) is 4.79 Å². The van der Waals surface area contributed by atoms with E-state index in [1.807, 2.05) is 6.92 Å². The van der Waals surface area contributed by atoms with Gasteiger partial charge in [-0.2, -0.15) is 5.10 Å². The Morgan fingerprint density at radius 1 is 1.32 bits per heavy atom. The highest BCUT2D eigenvalue weighted by atomic mass is 19.1. The second-order valence-corrected chi connectivity index (χ2v) is 6.52. The zero-order valence-electron chi connectivity index (χ0n) is 12.8. The Morgan fingerprint density at radius 3 is 2.64 bits per heavy atom. The lowest BCUT2D eigenvalue weighted by Gasteiger charge is -2.42. The summed E-state index contributed by atoms with van der Waals surface area (Å²) in [5.41, 5.74) is 2.19. The van der Waals surface area contributed by atoms with Crippen molar-refractivity contribution in [1.29, 1.82) is 0 Å². The second-order valence-electron chi connectivity index (χ2n) is 6.52. The molecule has 0 saturated carbocycles. The molecule has 4 nitrogen and oxygen atoms in total. The molecule has 0 spiro atoms. The van der Waals surface area contributed by atoms with E-state index in [4.69, 9.17) is 5.10 Å². The maximum absolute atomic E-state index is 13.3. The number of fused-ring (bicyclic) bond motifs is 2. The molecule has 0 radical (unpaired) electrons. The van der Waals surface area contributed by atoms with Gasteiger partial charge in [0, 0.05) is 25.2 Å². The summed E-state index contributed by atoms with van der Waals surface area (Å²) in [5, 5.41) is 6.41. The Bertz CT molecular complexity index is 619. The van der Waals surface area contributed by atoms with E-state index in [1.165, 1.54) is 35.6 Å². The van der Waals surface area contributed by atoms with Crippen molar-refractivity contribution in [2.24, 2.45) is 11.0 Å². The standard InChI is InChI=1S/C17H20FN3O/c1-2-14(22)21-16(12-3-5-13(18)6-4-12)17-15(19-21)11-7-9-20(17)10-8-11/h3-6,11,16-17H,2,7-10H2,1H3/p+1/t16-,17-/m1/s1. The molecule has 3 saturated heterocycles. The molecule has 116 valence electrons. The van der Waals surface area contributed by atoms with E-state index >= 15 is 0 Å². The van der Waals surface area contributed by atoms with Gasteiger partial charge in [0.05, 0.1) is 13.1 Å². The summed E-state index contributed by atoms with van der Waals surface area (Å²) in [7, 11) is 0. The zero-order chi connectivity index (χ0) is 15.3. The van der Waals surface area contributed by atoms with Crippen LogP contribution < -0.4 is 4.90 Å². The van der Waals surface area contributed by atoms with E-state index < -0.39 is 0 Å². The maximum Gasteiger partial charge on any atom is 0.243 e. The number of nitrogens with zero attached hydrogens (tertiary/aromatic N) is 2. The van der Waals surface area contributed by atoms with Crippen LogP contribution in [0, 0.1) is 11.7 Å². The van der Waals surface area contributed by atoms with E-state index in [0.29, 0.717) is 12.3 Å². The molecule has 2 bridgehead atoms. The molecule has 1 N–H and O–H groups in total. The third kappa shape index (κ3) is 1.99. The van der Waals surface area contributed by atoms with E-state index in [9.17, 15) is 9.18 Å². The van der Waals surface area contributed by atoms with Gasteiger partial charge in [0.25, 0.3) is 0 Å². The van der Waals surface area contributed by atoms with Crippen molar-refractivity contribution >= 4 is 11.6 Å². The molecular formula is C17H21FN3O+. The number of rotatable bonds is 2. The van der Waals surface area contributed by atoms with Crippen molar-refractivity contribution in [3.63, 3.8) is 0 Å². The Morgan fingerprint density at radius 2 is 2.00 bits per heavy atom. The van der Waals surface area contributed by atoms with Crippen LogP contribution in [0.25, 0.3) is 0 Å². The summed E-state index contributed by atoms with van der Waals surface area (Å²) < 4.78 is 13.3. The quantitative estimate of drug-likeness (QED) is 0.874. The third-order valence-corrected chi connectivity index (χ3v) is 5.38. The molecule has 1 aromatic rings. The summed E-state index contributed by atoms with van der Waals surface area (Å²) >= 11 is 0. The van der Waals surface area contributed by atoms with Crippen LogP contribution in [0.3, 0.4) is 0 Å². The van der Waals surface area contributed by atoms with Crippen molar-refractivity contribution in [3.8, 4) is 0 Å². The van der Waals surface area contributed by atoms with Crippen molar-refractivity contribution in [1.82, 2.24) is 5.01 Å². The molecule has 4 heterocycles. The van der Waals surface area contributed by atoms with Gasteiger partial charge in [-0.1, -0.05) is 19.1 Å². The van der Waals surface area contributed by atoms with Gasteiger partial charge in [0.1, 0.15) is 17.6 Å². The lowest BCUT2D eigenvalue weighted by atomic mass is 9.78. The number of hydrazone groups is 1. The molecular weight excluding hydrogens is 281 g/mol. The van der Waals surface area contributed by atoms with Gasteiger partial charge in [-0.25, -0.2) is 9.40 Å². The minimum Gasteiger partial charge on any atom is -0.326 e. The number of amides is 1. The third-order valence-electron chi connectivity index (χ3n) is 5.38. The van der Waals surface area contributed by atoms with Gasteiger partial charge in [0.15, 0.2) is 6.04 Å². The van der Waals surface area contributed by atoms with Crippen molar-refractivity contribution in [2.75, 3.05) is 13.1 Å². The highest BCUT2D eigenvalue weighted by molar-refractivity contribution is 5.96. The fourth-order valence-corrected chi connectivity index (χ4v) is 4.28. The molecule has 0 aliphatic carbocycles.